The van der Waals surface area contributed by atoms with Gasteiger partial charge in [-0.3, -0.25) is 4.79 Å². The van der Waals surface area contributed by atoms with E-state index in [2.05, 4.69) is 15.9 Å². The number of hydrogen-bond donors (Lipinski definition) is 2. The molecule has 0 saturated carbocycles. The van der Waals surface area contributed by atoms with Gasteiger partial charge in [0.05, 0.1) is 0 Å². The lowest BCUT2D eigenvalue weighted by Gasteiger charge is -2.16. The first kappa shape index (κ1) is 10.6. The van der Waals surface area contributed by atoms with Crippen LogP contribution < -0.4 is 5.73 Å². The van der Waals surface area contributed by atoms with Gasteiger partial charge in [0.2, 0.25) is 0 Å². The summed E-state index contributed by atoms with van der Waals surface area (Å²) in [4.78, 5) is 10.8. The van der Waals surface area contributed by atoms with Crippen LogP contribution >= 0.6 is 15.9 Å². The summed E-state index contributed by atoms with van der Waals surface area (Å²) in [5.74, 6) is -0.970. The molecule has 0 aliphatic heterocycles. The SMILES string of the molecule is NC(C(=O)O)[C@@H]1CCc2ccc(Br)cc21. The lowest BCUT2D eigenvalue weighted by molar-refractivity contribution is -0.139. The minimum Gasteiger partial charge on any atom is -0.480 e. The molecule has 0 heterocycles. The molecule has 1 aliphatic rings. The van der Waals surface area contributed by atoms with E-state index in [4.69, 9.17) is 10.8 Å². The van der Waals surface area contributed by atoms with E-state index >= 15 is 0 Å². The molecule has 3 nitrogen and oxygen atoms in total. The summed E-state index contributed by atoms with van der Waals surface area (Å²) < 4.78 is 0.978. The number of hydrogen-bond acceptors (Lipinski definition) is 2. The molecule has 1 aromatic rings. The number of carbonyl (C=O) groups is 1. The summed E-state index contributed by atoms with van der Waals surface area (Å²) in [6.07, 6.45) is 1.76. The number of aryl methyl sites for hydroxylation is 1. The third kappa shape index (κ3) is 1.92. The zero-order chi connectivity index (χ0) is 11.0. The van der Waals surface area contributed by atoms with E-state index < -0.39 is 12.0 Å². The Morgan fingerprint density at radius 2 is 2.33 bits per heavy atom. The topological polar surface area (TPSA) is 63.3 Å². The van der Waals surface area contributed by atoms with Gasteiger partial charge in [0, 0.05) is 10.4 Å². The average Bonchev–Trinajstić information content (AvgIpc) is 2.59. The maximum absolute atomic E-state index is 10.8. The fourth-order valence-electron chi connectivity index (χ4n) is 2.15. The van der Waals surface area contributed by atoms with Crippen molar-refractivity contribution in [3.8, 4) is 0 Å². The van der Waals surface area contributed by atoms with E-state index in [1.54, 1.807) is 0 Å². The molecule has 0 bridgehead atoms. The highest BCUT2D eigenvalue weighted by molar-refractivity contribution is 9.10. The monoisotopic (exact) mass is 269 g/mol. The van der Waals surface area contributed by atoms with Crippen LogP contribution in [0.25, 0.3) is 0 Å². The van der Waals surface area contributed by atoms with E-state index in [0.717, 1.165) is 22.9 Å². The molecule has 0 spiro atoms. The van der Waals surface area contributed by atoms with E-state index in [1.807, 2.05) is 18.2 Å². The Morgan fingerprint density at radius 3 is 3.00 bits per heavy atom. The van der Waals surface area contributed by atoms with Crippen LogP contribution in [-0.4, -0.2) is 17.1 Å². The highest BCUT2D eigenvalue weighted by Crippen LogP contribution is 2.36. The van der Waals surface area contributed by atoms with Crippen LogP contribution in [0.15, 0.2) is 22.7 Å². The summed E-state index contributed by atoms with van der Waals surface area (Å²) in [6.45, 7) is 0. The maximum atomic E-state index is 10.8. The van der Waals surface area contributed by atoms with Gasteiger partial charge in [-0.05, 0) is 36.1 Å². The van der Waals surface area contributed by atoms with Gasteiger partial charge >= 0.3 is 5.97 Å². The Bertz CT molecular complexity index is 406. The smallest absolute Gasteiger partial charge is 0.321 e. The molecular weight excluding hydrogens is 258 g/mol. The number of carboxylic acid groups (broad SMARTS) is 1. The lowest BCUT2D eigenvalue weighted by atomic mass is 9.94. The second kappa shape index (κ2) is 3.94. The quantitative estimate of drug-likeness (QED) is 0.862. The van der Waals surface area contributed by atoms with Gasteiger partial charge in [-0.1, -0.05) is 22.0 Å². The van der Waals surface area contributed by atoms with Crippen molar-refractivity contribution in [1.82, 2.24) is 0 Å². The van der Waals surface area contributed by atoms with Crippen molar-refractivity contribution in [2.24, 2.45) is 5.73 Å². The minimum atomic E-state index is -0.923. The predicted octanol–water partition coefficient (Wildman–Crippen LogP) is 1.89. The Morgan fingerprint density at radius 1 is 1.60 bits per heavy atom. The van der Waals surface area contributed by atoms with Gasteiger partial charge in [-0.15, -0.1) is 0 Å². The van der Waals surface area contributed by atoms with Gasteiger partial charge in [-0.2, -0.15) is 0 Å². The molecule has 0 saturated heterocycles. The first-order chi connectivity index (χ1) is 7.09. The van der Waals surface area contributed by atoms with Crippen LogP contribution in [-0.2, 0) is 11.2 Å². The largest absolute Gasteiger partial charge is 0.480 e. The maximum Gasteiger partial charge on any atom is 0.321 e. The third-order valence-electron chi connectivity index (χ3n) is 2.95. The zero-order valence-electron chi connectivity index (χ0n) is 8.11. The highest BCUT2D eigenvalue weighted by Gasteiger charge is 2.31. The fourth-order valence-corrected chi connectivity index (χ4v) is 2.53. The van der Waals surface area contributed by atoms with Crippen LogP contribution in [0.3, 0.4) is 0 Å². The van der Waals surface area contributed by atoms with Gasteiger partial charge in [0.25, 0.3) is 0 Å². The van der Waals surface area contributed by atoms with E-state index in [0.29, 0.717) is 0 Å². The summed E-state index contributed by atoms with van der Waals surface area (Å²) >= 11 is 3.39. The third-order valence-corrected chi connectivity index (χ3v) is 3.44. The molecule has 0 radical (unpaired) electrons. The number of carboxylic acids is 1. The minimum absolute atomic E-state index is 0.0463. The molecule has 2 rings (SSSR count). The Balaban J connectivity index is 2.35. The summed E-state index contributed by atoms with van der Waals surface area (Å²) in [5, 5.41) is 8.90. The first-order valence-corrected chi connectivity index (χ1v) is 5.65. The van der Waals surface area contributed by atoms with Crippen molar-refractivity contribution in [3.05, 3.63) is 33.8 Å². The highest BCUT2D eigenvalue weighted by atomic mass is 79.9. The molecule has 2 atom stereocenters. The van der Waals surface area contributed by atoms with Crippen LogP contribution in [0.5, 0.6) is 0 Å². The second-order valence-corrected chi connectivity index (χ2v) is 4.77. The summed E-state index contributed by atoms with van der Waals surface area (Å²) in [7, 11) is 0. The number of benzene rings is 1. The Kier molecular flexibility index (Phi) is 2.80. The molecular formula is C11H12BrNO2. The van der Waals surface area contributed by atoms with Gasteiger partial charge in [0.1, 0.15) is 6.04 Å². The summed E-state index contributed by atoms with van der Waals surface area (Å²) in [5.41, 5.74) is 7.98. The normalized spacial score (nSPS) is 21.1. The Hall–Kier alpha value is -0.870. The molecule has 0 amide bonds. The standard InChI is InChI=1S/C11H12BrNO2/c12-7-3-1-6-2-4-8(9(6)5-7)10(13)11(14)15/h1,3,5,8,10H,2,4,13H2,(H,14,15)/t8-,10?/m1/s1. The van der Waals surface area contributed by atoms with E-state index in [-0.39, 0.29) is 5.92 Å². The van der Waals surface area contributed by atoms with Gasteiger partial charge < -0.3 is 10.8 Å². The molecule has 1 unspecified atom stereocenters. The van der Waals surface area contributed by atoms with E-state index in [1.165, 1.54) is 5.56 Å². The molecule has 0 aromatic heterocycles. The number of fused-ring (bicyclic) bond motifs is 1. The predicted molar refractivity (Wildman–Crippen MR) is 60.8 cm³/mol. The molecule has 15 heavy (non-hydrogen) atoms. The van der Waals surface area contributed by atoms with E-state index in [9.17, 15) is 4.79 Å². The van der Waals surface area contributed by atoms with Crippen LogP contribution in [0.1, 0.15) is 23.5 Å². The van der Waals surface area contributed by atoms with Crippen molar-refractivity contribution in [2.45, 2.75) is 24.8 Å². The number of halogens is 1. The number of aliphatic carboxylic acids is 1. The second-order valence-electron chi connectivity index (χ2n) is 3.85. The fraction of sp³-hybridized carbons (Fsp3) is 0.364. The molecule has 3 N–H and O–H groups in total. The van der Waals surface area contributed by atoms with Crippen molar-refractivity contribution >= 4 is 21.9 Å². The van der Waals surface area contributed by atoms with Crippen molar-refractivity contribution in [2.75, 3.05) is 0 Å². The van der Waals surface area contributed by atoms with Crippen molar-refractivity contribution in [3.63, 3.8) is 0 Å². The van der Waals surface area contributed by atoms with Crippen molar-refractivity contribution < 1.29 is 9.90 Å². The summed E-state index contributed by atoms with van der Waals surface area (Å²) in [6, 6.07) is 5.21. The molecule has 1 aromatic carbocycles. The lowest BCUT2D eigenvalue weighted by Crippen LogP contribution is -2.35. The van der Waals surface area contributed by atoms with Gasteiger partial charge in [-0.25, -0.2) is 0 Å². The van der Waals surface area contributed by atoms with Crippen LogP contribution in [0.4, 0.5) is 0 Å². The zero-order valence-corrected chi connectivity index (χ0v) is 9.70. The number of nitrogens with two attached hydrogens (primary N) is 1. The molecule has 1 aliphatic carbocycles. The first-order valence-electron chi connectivity index (χ1n) is 4.86. The van der Waals surface area contributed by atoms with Crippen LogP contribution in [0.2, 0.25) is 0 Å². The Labute approximate surface area is 96.4 Å². The molecule has 80 valence electrons. The van der Waals surface area contributed by atoms with Gasteiger partial charge in [0.15, 0.2) is 0 Å². The van der Waals surface area contributed by atoms with Crippen molar-refractivity contribution in [1.29, 1.82) is 0 Å². The average molecular weight is 270 g/mol. The molecule has 0 fully saturated rings. The number of rotatable bonds is 2. The van der Waals surface area contributed by atoms with Crippen LogP contribution in [0, 0.1) is 0 Å². The molecule has 4 heteroatoms.